The molecule has 0 saturated carbocycles. The lowest BCUT2D eigenvalue weighted by molar-refractivity contribution is -0.146. The lowest BCUT2D eigenvalue weighted by atomic mass is 10.4. The fourth-order valence-electron chi connectivity index (χ4n) is 0.822. The largest absolute Gasteiger partial charge is 0.455 e. The third kappa shape index (κ3) is 2.30. The fraction of sp³-hybridized carbons (Fsp3) is 0.375. The van der Waals surface area contributed by atoms with Crippen LogP contribution < -0.4 is 0 Å². The van der Waals surface area contributed by atoms with E-state index in [0.717, 1.165) is 0 Å². The molecule has 4 nitrogen and oxygen atoms in total. The summed E-state index contributed by atoms with van der Waals surface area (Å²) in [6.45, 7) is 3.09. The predicted molar refractivity (Wildman–Crippen MR) is 42.2 cm³/mol. The topological polar surface area (TPSA) is 52.1 Å². The van der Waals surface area contributed by atoms with Crippen LogP contribution in [0.3, 0.4) is 0 Å². The van der Waals surface area contributed by atoms with Gasteiger partial charge in [0.1, 0.15) is 0 Å². The van der Waals surface area contributed by atoms with Crippen molar-refractivity contribution in [2.24, 2.45) is 0 Å². The molecule has 1 heterocycles. The van der Waals surface area contributed by atoms with Gasteiger partial charge in [-0.25, -0.2) is 9.97 Å². The van der Waals surface area contributed by atoms with E-state index in [2.05, 4.69) is 9.97 Å². The first-order valence-corrected chi connectivity index (χ1v) is 3.64. The third-order valence-electron chi connectivity index (χ3n) is 1.29. The standard InChI is InChI=1S/C8H10N2O2/c1-6(12-7(2)11)8-9-4-3-5-10-8/h3-6H,1-2H3. The van der Waals surface area contributed by atoms with E-state index in [4.69, 9.17) is 4.74 Å². The zero-order chi connectivity index (χ0) is 8.97. The van der Waals surface area contributed by atoms with Gasteiger partial charge in [-0.1, -0.05) is 0 Å². The van der Waals surface area contributed by atoms with Gasteiger partial charge in [-0.2, -0.15) is 0 Å². The van der Waals surface area contributed by atoms with E-state index in [9.17, 15) is 4.79 Å². The molecule has 1 unspecified atom stereocenters. The summed E-state index contributed by atoms with van der Waals surface area (Å²) in [7, 11) is 0. The van der Waals surface area contributed by atoms with Gasteiger partial charge in [0.25, 0.3) is 0 Å². The Labute approximate surface area is 70.6 Å². The summed E-state index contributed by atoms with van der Waals surface area (Å²) in [5.41, 5.74) is 0. The minimum Gasteiger partial charge on any atom is -0.455 e. The number of ether oxygens (including phenoxy) is 1. The number of hydrogen-bond donors (Lipinski definition) is 0. The monoisotopic (exact) mass is 166 g/mol. The van der Waals surface area contributed by atoms with Gasteiger partial charge in [0.15, 0.2) is 11.9 Å². The van der Waals surface area contributed by atoms with Crippen molar-refractivity contribution in [1.29, 1.82) is 0 Å². The summed E-state index contributed by atoms with van der Waals surface area (Å²) < 4.78 is 4.87. The van der Waals surface area contributed by atoms with Crippen LogP contribution in [0.25, 0.3) is 0 Å². The Morgan fingerprint density at radius 3 is 2.58 bits per heavy atom. The smallest absolute Gasteiger partial charge is 0.303 e. The summed E-state index contributed by atoms with van der Waals surface area (Å²) in [4.78, 5) is 18.4. The molecule has 0 fully saturated rings. The maximum Gasteiger partial charge on any atom is 0.303 e. The molecule has 0 saturated heterocycles. The lowest BCUT2D eigenvalue weighted by Gasteiger charge is -2.08. The van der Waals surface area contributed by atoms with Crippen LogP contribution in [-0.4, -0.2) is 15.9 Å². The lowest BCUT2D eigenvalue weighted by Crippen LogP contribution is -2.07. The average Bonchev–Trinajstić information content (AvgIpc) is 2.05. The van der Waals surface area contributed by atoms with Gasteiger partial charge in [-0.15, -0.1) is 0 Å². The Kier molecular flexibility index (Phi) is 2.74. The molecule has 0 spiro atoms. The summed E-state index contributed by atoms with van der Waals surface area (Å²) in [6, 6.07) is 1.71. The Balaban J connectivity index is 2.65. The fourth-order valence-corrected chi connectivity index (χ4v) is 0.822. The van der Waals surface area contributed by atoms with Crippen molar-refractivity contribution in [3.8, 4) is 0 Å². The van der Waals surface area contributed by atoms with Gasteiger partial charge in [-0.3, -0.25) is 4.79 Å². The van der Waals surface area contributed by atoms with E-state index in [1.807, 2.05) is 0 Å². The van der Waals surface area contributed by atoms with E-state index >= 15 is 0 Å². The highest BCUT2D eigenvalue weighted by Crippen LogP contribution is 2.09. The van der Waals surface area contributed by atoms with E-state index in [0.29, 0.717) is 5.82 Å². The summed E-state index contributed by atoms with van der Waals surface area (Å²) in [6.07, 6.45) is 2.86. The Bertz CT molecular complexity index is 261. The van der Waals surface area contributed by atoms with Gasteiger partial charge < -0.3 is 4.74 Å². The van der Waals surface area contributed by atoms with Gasteiger partial charge in [0.05, 0.1) is 0 Å². The minimum absolute atomic E-state index is 0.324. The van der Waals surface area contributed by atoms with E-state index < -0.39 is 0 Å². The molecule has 0 aliphatic rings. The van der Waals surface area contributed by atoms with Crippen molar-refractivity contribution in [2.45, 2.75) is 20.0 Å². The van der Waals surface area contributed by atoms with Crippen LogP contribution in [0.1, 0.15) is 25.8 Å². The van der Waals surface area contributed by atoms with Crippen molar-refractivity contribution < 1.29 is 9.53 Å². The first kappa shape index (κ1) is 8.64. The molecule has 0 amide bonds. The number of rotatable bonds is 2. The van der Waals surface area contributed by atoms with Crippen LogP contribution in [0.5, 0.6) is 0 Å². The van der Waals surface area contributed by atoms with Crippen LogP contribution >= 0.6 is 0 Å². The van der Waals surface area contributed by atoms with Crippen LogP contribution in [0.15, 0.2) is 18.5 Å². The normalized spacial score (nSPS) is 12.2. The van der Waals surface area contributed by atoms with E-state index in [-0.39, 0.29) is 12.1 Å². The molecule has 64 valence electrons. The SMILES string of the molecule is CC(=O)OC(C)c1ncccn1. The maximum atomic E-state index is 10.5. The van der Waals surface area contributed by atoms with Gasteiger partial charge >= 0.3 is 5.97 Å². The molecular weight excluding hydrogens is 156 g/mol. The number of aromatic nitrogens is 2. The van der Waals surface area contributed by atoms with Crippen molar-refractivity contribution >= 4 is 5.97 Å². The molecule has 1 atom stereocenters. The quantitative estimate of drug-likeness (QED) is 0.617. The van der Waals surface area contributed by atoms with Gasteiger partial charge in [0.2, 0.25) is 0 Å². The Morgan fingerprint density at radius 1 is 1.50 bits per heavy atom. The number of hydrogen-bond acceptors (Lipinski definition) is 4. The second-order valence-corrected chi connectivity index (χ2v) is 2.36. The summed E-state index contributed by atoms with van der Waals surface area (Å²) in [5.74, 6) is 0.197. The zero-order valence-electron chi connectivity index (χ0n) is 7.02. The number of nitrogens with zero attached hydrogens (tertiary/aromatic N) is 2. The Morgan fingerprint density at radius 2 is 2.08 bits per heavy atom. The van der Waals surface area contributed by atoms with Crippen LogP contribution in [0, 0.1) is 0 Å². The summed E-state index contributed by atoms with van der Waals surface area (Å²) in [5, 5.41) is 0. The number of carbonyl (C=O) groups excluding carboxylic acids is 1. The molecular formula is C8H10N2O2. The van der Waals surface area contributed by atoms with Crippen LogP contribution in [-0.2, 0) is 9.53 Å². The minimum atomic E-state index is -0.372. The molecule has 4 heteroatoms. The highest BCUT2D eigenvalue weighted by molar-refractivity contribution is 5.66. The van der Waals surface area contributed by atoms with Gasteiger partial charge in [-0.05, 0) is 13.0 Å². The van der Waals surface area contributed by atoms with Crippen molar-refractivity contribution in [2.75, 3.05) is 0 Å². The predicted octanol–water partition coefficient (Wildman–Crippen LogP) is 1.10. The highest BCUT2D eigenvalue weighted by atomic mass is 16.5. The zero-order valence-corrected chi connectivity index (χ0v) is 7.02. The first-order chi connectivity index (χ1) is 5.70. The second kappa shape index (κ2) is 3.80. The average molecular weight is 166 g/mol. The second-order valence-electron chi connectivity index (χ2n) is 2.36. The van der Waals surface area contributed by atoms with E-state index in [1.165, 1.54) is 6.92 Å². The first-order valence-electron chi connectivity index (χ1n) is 3.64. The molecule has 1 aromatic rings. The Hall–Kier alpha value is -1.45. The molecule has 0 aliphatic carbocycles. The molecule has 0 aliphatic heterocycles. The highest BCUT2D eigenvalue weighted by Gasteiger charge is 2.09. The third-order valence-corrected chi connectivity index (χ3v) is 1.29. The molecule has 0 aromatic carbocycles. The molecule has 1 aromatic heterocycles. The summed E-state index contributed by atoms with van der Waals surface area (Å²) >= 11 is 0. The van der Waals surface area contributed by atoms with E-state index in [1.54, 1.807) is 25.4 Å². The molecule has 0 N–H and O–H groups in total. The van der Waals surface area contributed by atoms with Gasteiger partial charge in [0, 0.05) is 19.3 Å². The molecule has 1 rings (SSSR count). The van der Waals surface area contributed by atoms with Crippen LogP contribution in [0.4, 0.5) is 0 Å². The van der Waals surface area contributed by atoms with Crippen LogP contribution in [0.2, 0.25) is 0 Å². The number of carbonyl (C=O) groups is 1. The molecule has 12 heavy (non-hydrogen) atoms. The molecule has 0 radical (unpaired) electrons. The molecule has 0 bridgehead atoms. The number of esters is 1. The van der Waals surface area contributed by atoms with Crippen molar-refractivity contribution in [3.63, 3.8) is 0 Å². The van der Waals surface area contributed by atoms with Crippen molar-refractivity contribution in [3.05, 3.63) is 24.3 Å². The van der Waals surface area contributed by atoms with Crippen molar-refractivity contribution in [1.82, 2.24) is 9.97 Å². The maximum absolute atomic E-state index is 10.5.